The van der Waals surface area contributed by atoms with E-state index >= 15 is 0 Å². The van der Waals surface area contributed by atoms with Crippen molar-refractivity contribution >= 4 is 0 Å². The number of hydrogen-bond donors (Lipinski definition) is 1. The maximum Gasteiger partial charge on any atom is 0.107 e. The molecule has 0 saturated heterocycles. The maximum absolute atomic E-state index is 12.7. The Morgan fingerprint density at radius 1 is 1.73 bits per heavy atom. The summed E-state index contributed by atoms with van der Waals surface area (Å²) in [5.41, 5.74) is -0.121. The van der Waals surface area contributed by atoms with E-state index < -0.39 is 6.17 Å². The zero-order chi connectivity index (χ0) is 8.48. The summed E-state index contributed by atoms with van der Waals surface area (Å²) in [6, 6.07) is 0. The van der Waals surface area contributed by atoms with Crippen molar-refractivity contribution in [2.45, 2.75) is 19.5 Å². The third kappa shape index (κ3) is 2.14. The molecule has 1 N–H and O–H groups in total. The van der Waals surface area contributed by atoms with E-state index in [-0.39, 0.29) is 12.0 Å². The summed E-state index contributed by atoms with van der Waals surface area (Å²) >= 11 is 0. The predicted molar refractivity (Wildman–Crippen MR) is 42.2 cm³/mol. The number of hydrogen-bond acceptors (Lipinski definition) is 2. The van der Waals surface area contributed by atoms with Gasteiger partial charge in [0.2, 0.25) is 0 Å². The Balaban J connectivity index is 2.20. The first-order chi connectivity index (χ1) is 5.08. The smallest absolute Gasteiger partial charge is 0.107 e. The van der Waals surface area contributed by atoms with Gasteiger partial charge in [-0.25, -0.2) is 4.39 Å². The van der Waals surface area contributed by atoms with Crippen LogP contribution >= 0.6 is 0 Å². The summed E-state index contributed by atoms with van der Waals surface area (Å²) in [6.07, 6.45) is 0.0617. The van der Waals surface area contributed by atoms with Crippen molar-refractivity contribution in [1.82, 2.24) is 4.90 Å². The van der Waals surface area contributed by atoms with Gasteiger partial charge >= 0.3 is 0 Å². The summed E-state index contributed by atoms with van der Waals surface area (Å²) in [5.74, 6) is 0. The van der Waals surface area contributed by atoms with Crippen LogP contribution in [-0.4, -0.2) is 42.9 Å². The van der Waals surface area contributed by atoms with Crippen LogP contribution in [0.25, 0.3) is 0 Å². The average Bonchev–Trinajstić information content (AvgIpc) is 2.39. The van der Waals surface area contributed by atoms with E-state index in [0.29, 0.717) is 13.0 Å². The summed E-state index contributed by atoms with van der Waals surface area (Å²) in [6.45, 7) is 3.51. The molecule has 66 valence electrons. The van der Waals surface area contributed by atoms with Gasteiger partial charge in [-0.05, 0) is 13.5 Å². The monoisotopic (exact) mass is 161 g/mol. The second kappa shape index (κ2) is 3.07. The highest BCUT2D eigenvalue weighted by molar-refractivity contribution is 5.01. The van der Waals surface area contributed by atoms with E-state index in [1.54, 1.807) is 0 Å². The fourth-order valence-electron chi connectivity index (χ4n) is 1.38. The summed E-state index contributed by atoms with van der Waals surface area (Å²) in [5, 5.41) is 8.58. The van der Waals surface area contributed by atoms with Crippen LogP contribution in [-0.2, 0) is 0 Å². The largest absolute Gasteiger partial charge is 0.395 e. The Morgan fingerprint density at radius 2 is 2.27 bits per heavy atom. The van der Waals surface area contributed by atoms with Crippen LogP contribution < -0.4 is 0 Å². The average molecular weight is 161 g/mol. The van der Waals surface area contributed by atoms with Crippen LogP contribution in [0.5, 0.6) is 0 Å². The molecule has 2 unspecified atom stereocenters. The van der Waals surface area contributed by atoms with E-state index in [1.165, 1.54) is 0 Å². The van der Waals surface area contributed by atoms with Crippen molar-refractivity contribution in [3.63, 3.8) is 0 Å². The van der Waals surface area contributed by atoms with Gasteiger partial charge < -0.3 is 10.0 Å². The molecule has 1 aliphatic carbocycles. The minimum Gasteiger partial charge on any atom is -0.395 e. The molecule has 1 fully saturated rings. The van der Waals surface area contributed by atoms with Crippen molar-refractivity contribution in [1.29, 1.82) is 0 Å². The SMILES string of the molecule is CN(CCO)CC1(C)CC1F. The highest BCUT2D eigenvalue weighted by Gasteiger charge is 2.51. The second-order valence-electron chi connectivity index (χ2n) is 3.79. The molecule has 0 heterocycles. The molecule has 11 heavy (non-hydrogen) atoms. The van der Waals surface area contributed by atoms with Crippen molar-refractivity contribution in [3.05, 3.63) is 0 Å². The Labute approximate surface area is 67.0 Å². The lowest BCUT2D eigenvalue weighted by Crippen LogP contribution is -2.29. The number of aliphatic hydroxyl groups is 1. The lowest BCUT2D eigenvalue weighted by atomic mass is 10.1. The summed E-state index contributed by atoms with van der Waals surface area (Å²) < 4.78 is 12.7. The second-order valence-corrected chi connectivity index (χ2v) is 3.79. The number of alkyl halides is 1. The molecule has 0 spiro atoms. The molecule has 0 bridgehead atoms. The highest BCUT2D eigenvalue weighted by atomic mass is 19.1. The first-order valence-electron chi connectivity index (χ1n) is 4.02. The van der Waals surface area contributed by atoms with E-state index in [1.807, 2.05) is 18.9 Å². The minimum atomic E-state index is -0.622. The Morgan fingerprint density at radius 3 is 2.64 bits per heavy atom. The standard InChI is InChI=1S/C8H16FNO/c1-8(5-7(8)9)6-10(2)3-4-11/h7,11H,3-6H2,1-2H3. The number of likely N-dealkylation sites (N-methyl/N-ethyl adjacent to an activating group) is 1. The predicted octanol–water partition coefficient (Wildman–Crippen LogP) is 0.659. The summed E-state index contributed by atoms with van der Waals surface area (Å²) in [7, 11) is 1.91. The fraction of sp³-hybridized carbons (Fsp3) is 1.00. The molecule has 0 radical (unpaired) electrons. The van der Waals surface area contributed by atoms with Gasteiger partial charge in [-0.3, -0.25) is 0 Å². The molecule has 0 aromatic rings. The van der Waals surface area contributed by atoms with E-state index in [4.69, 9.17) is 5.11 Å². The van der Waals surface area contributed by atoms with Crippen LogP contribution in [0.1, 0.15) is 13.3 Å². The first-order valence-corrected chi connectivity index (χ1v) is 4.02. The molecule has 0 aromatic carbocycles. The Bertz CT molecular complexity index is 142. The lowest BCUT2D eigenvalue weighted by molar-refractivity contribution is 0.190. The highest BCUT2D eigenvalue weighted by Crippen LogP contribution is 2.48. The minimum absolute atomic E-state index is 0.121. The molecule has 3 heteroatoms. The van der Waals surface area contributed by atoms with Crippen LogP contribution in [0.2, 0.25) is 0 Å². The number of halogens is 1. The molecule has 1 saturated carbocycles. The van der Waals surface area contributed by atoms with Crippen molar-refractivity contribution in [3.8, 4) is 0 Å². The number of rotatable bonds is 4. The van der Waals surface area contributed by atoms with Crippen molar-refractivity contribution < 1.29 is 9.50 Å². The van der Waals surface area contributed by atoms with E-state index in [0.717, 1.165) is 6.54 Å². The van der Waals surface area contributed by atoms with Gasteiger partial charge in [0.25, 0.3) is 0 Å². The lowest BCUT2D eigenvalue weighted by Gasteiger charge is -2.19. The number of nitrogens with zero attached hydrogens (tertiary/aromatic N) is 1. The van der Waals surface area contributed by atoms with E-state index in [2.05, 4.69) is 0 Å². The first kappa shape index (κ1) is 8.94. The van der Waals surface area contributed by atoms with Gasteiger partial charge in [-0.1, -0.05) is 6.92 Å². The third-order valence-electron chi connectivity index (χ3n) is 2.35. The molecular formula is C8H16FNO. The molecule has 1 aliphatic rings. The normalized spacial score (nSPS) is 36.3. The van der Waals surface area contributed by atoms with Gasteiger partial charge in [-0.2, -0.15) is 0 Å². The summed E-state index contributed by atoms with van der Waals surface area (Å²) in [4.78, 5) is 1.97. The van der Waals surface area contributed by atoms with Gasteiger partial charge in [0.1, 0.15) is 6.17 Å². The van der Waals surface area contributed by atoms with E-state index in [9.17, 15) is 4.39 Å². The van der Waals surface area contributed by atoms with Gasteiger partial charge in [0, 0.05) is 18.5 Å². The zero-order valence-electron chi connectivity index (χ0n) is 7.18. The zero-order valence-corrected chi connectivity index (χ0v) is 7.18. The molecule has 0 aromatic heterocycles. The van der Waals surface area contributed by atoms with Crippen LogP contribution in [0.3, 0.4) is 0 Å². The Hall–Kier alpha value is -0.150. The van der Waals surface area contributed by atoms with Crippen LogP contribution in [0, 0.1) is 5.41 Å². The number of aliphatic hydroxyl groups excluding tert-OH is 1. The third-order valence-corrected chi connectivity index (χ3v) is 2.35. The van der Waals surface area contributed by atoms with Crippen LogP contribution in [0.4, 0.5) is 4.39 Å². The molecule has 2 nitrogen and oxygen atoms in total. The maximum atomic E-state index is 12.7. The molecule has 1 rings (SSSR count). The molecule has 2 atom stereocenters. The fourth-order valence-corrected chi connectivity index (χ4v) is 1.38. The van der Waals surface area contributed by atoms with Gasteiger partial charge in [0.05, 0.1) is 6.61 Å². The van der Waals surface area contributed by atoms with Crippen LogP contribution in [0.15, 0.2) is 0 Å². The van der Waals surface area contributed by atoms with Gasteiger partial charge in [-0.15, -0.1) is 0 Å². The Kier molecular flexibility index (Phi) is 2.50. The van der Waals surface area contributed by atoms with Crippen molar-refractivity contribution in [2.24, 2.45) is 5.41 Å². The topological polar surface area (TPSA) is 23.5 Å². The molecule has 0 aliphatic heterocycles. The quantitative estimate of drug-likeness (QED) is 0.654. The van der Waals surface area contributed by atoms with Gasteiger partial charge in [0.15, 0.2) is 0 Å². The molecular weight excluding hydrogens is 145 g/mol. The molecule has 0 amide bonds. The van der Waals surface area contributed by atoms with Crippen molar-refractivity contribution in [2.75, 3.05) is 26.7 Å².